The number of ether oxygens (including phenoxy) is 1. The number of hydrogen-bond donors (Lipinski definition) is 1. The van der Waals surface area contributed by atoms with Crippen LogP contribution in [0.1, 0.15) is 5.82 Å². The Hall–Kier alpha value is -1.85. The van der Waals surface area contributed by atoms with E-state index in [1.165, 1.54) is 0 Å². The highest BCUT2D eigenvalue weighted by molar-refractivity contribution is 5.57. The summed E-state index contributed by atoms with van der Waals surface area (Å²) in [5.41, 5.74) is 1.98. The van der Waals surface area contributed by atoms with E-state index < -0.39 is 0 Å². The van der Waals surface area contributed by atoms with E-state index in [1.54, 1.807) is 18.6 Å². The van der Waals surface area contributed by atoms with Crippen molar-refractivity contribution in [1.82, 2.24) is 20.3 Å². The maximum absolute atomic E-state index is 5.67. The standard InChI is InChI=1S/C14H16N4O/c1-4-15-5-2-11(1)13-3-6-17-14(18-13)9-12-10-16-7-8-19-12/h1-6,12,16H,7-10H2. The molecular weight excluding hydrogens is 240 g/mol. The highest BCUT2D eigenvalue weighted by atomic mass is 16.5. The van der Waals surface area contributed by atoms with Crippen LogP contribution in [-0.4, -0.2) is 40.8 Å². The first-order valence-electron chi connectivity index (χ1n) is 6.46. The molecule has 0 radical (unpaired) electrons. The van der Waals surface area contributed by atoms with E-state index in [2.05, 4.69) is 20.3 Å². The van der Waals surface area contributed by atoms with Crippen molar-refractivity contribution >= 4 is 0 Å². The molecular formula is C14H16N4O. The molecule has 1 N–H and O–H groups in total. The van der Waals surface area contributed by atoms with E-state index in [0.717, 1.165) is 43.2 Å². The van der Waals surface area contributed by atoms with Gasteiger partial charge in [-0.05, 0) is 18.2 Å². The van der Waals surface area contributed by atoms with Gasteiger partial charge in [0.05, 0.1) is 18.4 Å². The predicted octanol–water partition coefficient (Wildman–Crippen LogP) is 1.07. The van der Waals surface area contributed by atoms with Gasteiger partial charge >= 0.3 is 0 Å². The minimum atomic E-state index is 0.168. The first kappa shape index (κ1) is 12.2. The Kier molecular flexibility index (Phi) is 3.76. The van der Waals surface area contributed by atoms with Gasteiger partial charge in [0.15, 0.2) is 0 Å². The first-order valence-corrected chi connectivity index (χ1v) is 6.46. The molecule has 1 saturated heterocycles. The van der Waals surface area contributed by atoms with Crippen LogP contribution in [0, 0.1) is 0 Å². The second kappa shape index (κ2) is 5.86. The van der Waals surface area contributed by atoms with E-state index in [-0.39, 0.29) is 6.10 Å². The zero-order valence-corrected chi connectivity index (χ0v) is 10.6. The van der Waals surface area contributed by atoms with E-state index in [4.69, 9.17) is 4.74 Å². The zero-order valence-electron chi connectivity index (χ0n) is 10.6. The molecule has 2 aromatic rings. The summed E-state index contributed by atoms with van der Waals surface area (Å²) in [4.78, 5) is 12.9. The Morgan fingerprint density at radius 2 is 2.11 bits per heavy atom. The van der Waals surface area contributed by atoms with Gasteiger partial charge in [-0.1, -0.05) is 0 Å². The van der Waals surface area contributed by atoms with Crippen LogP contribution in [-0.2, 0) is 11.2 Å². The van der Waals surface area contributed by atoms with Crippen LogP contribution in [0.3, 0.4) is 0 Å². The number of rotatable bonds is 3. The smallest absolute Gasteiger partial charge is 0.131 e. The lowest BCUT2D eigenvalue weighted by atomic mass is 10.1. The van der Waals surface area contributed by atoms with Crippen LogP contribution in [0.5, 0.6) is 0 Å². The number of hydrogen-bond acceptors (Lipinski definition) is 5. The minimum absolute atomic E-state index is 0.168. The molecule has 0 aromatic carbocycles. The van der Waals surface area contributed by atoms with Crippen LogP contribution in [0.15, 0.2) is 36.8 Å². The Morgan fingerprint density at radius 3 is 2.89 bits per heavy atom. The normalized spacial score (nSPS) is 19.3. The van der Waals surface area contributed by atoms with Crippen LogP contribution in [0.4, 0.5) is 0 Å². The lowest BCUT2D eigenvalue weighted by Gasteiger charge is -2.22. The SMILES string of the molecule is c1cc(-c2ccnc(CC3CNCCO3)n2)ccn1. The molecule has 0 aliphatic carbocycles. The number of aromatic nitrogens is 3. The molecule has 0 spiro atoms. The van der Waals surface area contributed by atoms with Crippen molar-refractivity contribution < 1.29 is 4.74 Å². The molecule has 0 saturated carbocycles. The number of pyridine rings is 1. The average molecular weight is 256 g/mol. The third-order valence-electron chi connectivity index (χ3n) is 3.10. The van der Waals surface area contributed by atoms with Crippen molar-refractivity contribution in [2.24, 2.45) is 0 Å². The van der Waals surface area contributed by atoms with Gasteiger partial charge in [0.2, 0.25) is 0 Å². The summed E-state index contributed by atoms with van der Waals surface area (Å²) >= 11 is 0. The molecule has 1 aliphatic heterocycles. The molecule has 0 bridgehead atoms. The van der Waals surface area contributed by atoms with Gasteiger partial charge < -0.3 is 10.1 Å². The lowest BCUT2D eigenvalue weighted by Crippen LogP contribution is -2.39. The van der Waals surface area contributed by atoms with Crippen molar-refractivity contribution in [3.8, 4) is 11.3 Å². The average Bonchev–Trinajstić information content (AvgIpc) is 2.49. The first-order chi connectivity index (χ1) is 9.42. The molecule has 5 nitrogen and oxygen atoms in total. The third kappa shape index (κ3) is 3.13. The van der Waals surface area contributed by atoms with Gasteiger partial charge in [-0.25, -0.2) is 9.97 Å². The van der Waals surface area contributed by atoms with Gasteiger partial charge in [0.1, 0.15) is 5.82 Å². The van der Waals surface area contributed by atoms with Crippen LogP contribution in [0.2, 0.25) is 0 Å². The highest BCUT2D eigenvalue weighted by Crippen LogP contribution is 2.15. The molecule has 2 aromatic heterocycles. The molecule has 19 heavy (non-hydrogen) atoms. The van der Waals surface area contributed by atoms with E-state index in [1.807, 2.05) is 18.2 Å². The topological polar surface area (TPSA) is 59.9 Å². The molecule has 3 heterocycles. The Labute approximate surface area is 112 Å². The summed E-state index contributed by atoms with van der Waals surface area (Å²) in [6, 6.07) is 5.81. The van der Waals surface area contributed by atoms with E-state index in [9.17, 15) is 0 Å². The van der Waals surface area contributed by atoms with Crippen molar-refractivity contribution in [2.45, 2.75) is 12.5 Å². The van der Waals surface area contributed by atoms with Gasteiger partial charge in [0.25, 0.3) is 0 Å². The largest absolute Gasteiger partial charge is 0.375 e. The summed E-state index contributed by atoms with van der Waals surface area (Å²) in [7, 11) is 0. The summed E-state index contributed by atoms with van der Waals surface area (Å²) in [5.74, 6) is 0.822. The quantitative estimate of drug-likeness (QED) is 0.890. The second-order valence-corrected chi connectivity index (χ2v) is 4.50. The van der Waals surface area contributed by atoms with E-state index in [0.29, 0.717) is 0 Å². The Balaban J connectivity index is 1.76. The Bertz CT molecular complexity index is 526. The summed E-state index contributed by atoms with van der Waals surface area (Å²) in [5, 5.41) is 3.31. The van der Waals surface area contributed by atoms with Crippen LogP contribution < -0.4 is 5.32 Å². The molecule has 0 amide bonds. The monoisotopic (exact) mass is 256 g/mol. The summed E-state index contributed by atoms with van der Waals surface area (Å²) < 4.78 is 5.67. The molecule has 3 rings (SSSR count). The van der Waals surface area contributed by atoms with Gasteiger partial charge in [-0.2, -0.15) is 0 Å². The number of nitrogens with one attached hydrogen (secondary N) is 1. The maximum atomic E-state index is 5.67. The zero-order chi connectivity index (χ0) is 12.9. The fraction of sp³-hybridized carbons (Fsp3) is 0.357. The molecule has 98 valence electrons. The summed E-state index contributed by atoms with van der Waals surface area (Å²) in [6.45, 7) is 2.55. The van der Waals surface area contributed by atoms with Gasteiger partial charge in [-0.3, -0.25) is 4.98 Å². The molecule has 1 aliphatic rings. The number of morpholine rings is 1. The predicted molar refractivity (Wildman–Crippen MR) is 71.6 cm³/mol. The lowest BCUT2D eigenvalue weighted by molar-refractivity contribution is 0.0280. The number of nitrogens with zero attached hydrogens (tertiary/aromatic N) is 3. The van der Waals surface area contributed by atoms with Crippen molar-refractivity contribution in [1.29, 1.82) is 0 Å². The molecule has 5 heteroatoms. The van der Waals surface area contributed by atoms with Crippen molar-refractivity contribution in [2.75, 3.05) is 19.7 Å². The molecule has 1 fully saturated rings. The van der Waals surface area contributed by atoms with E-state index >= 15 is 0 Å². The van der Waals surface area contributed by atoms with Gasteiger partial charge in [0, 0.05) is 43.7 Å². The maximum Gasteiger partial charge on any atom is 0.131 e. The van der Waals surface area contributed by atoms with Crippen molar-refractivity contribution in [3.05, 3.63) is 42.6 Å². The molecule has 1 unspecified atom stereocenters. The Morgan fingerprint density at radius 1 is 1.21 bits per heavy atom. The second-order valence-electron chi connectivity index (χ2n) is 4.50. The minimum Gasteiger partial charge on any atom is -0.375 e. The van der Waals surface area contributed by atoms with Gasteiger partial charge in [-0.15, -0.1) is 0 Å². The fourth-order valence-electron chi connectivity index (χ4n) is 2.14. The highest BCUT2D eigenvalue weighted by Gasteiger charge is 2.15. The summed E-state index contributed by atoms with van der Waals surface area (Å²) in [6.07, 6.45) is 6.25. The fourth-order valence-corrected chi connectivity index (χ4v) is 2.14. The van der Waals surface area contributed by atoms with Crippen LogP contribution in [0.25, 0.3) is 11.3 Å². The molecule has 1 atom stereocenters. The van der Waals surface area contributed by atoms with Crippen molar-refractivity contribution in [3.63, 3.8) is 0 Å². The third-order valence-corrected chi connectivity index (χ3v) is 3.10. The van der Waals surface area contributed by atoms with Crippen LogP contribution >= 0.6 is 0 Å².